The third-order valence-electron chi connectivity index (χ3n) is 4.13. The summed E-state index contributed by atoms with van der Waals surface area (Å²) in [6, 6.07) is 9.68. The van der Waals surface area contributed by atoms with Crippen LogP contribution in [0.1, 0.15) is 41.5 Å². The number of hydrogen-bond donors (Lipinski definition) is 2. The first-order valence-corrected chi connectivity index (χ1v) is 9.33. The van der Waals surface area contributed by atoms with Crippen molar-refractivity contribution in [2.24, 2.45) is 0 Å². The molecular formula is C20H24N6O3. The Morgan fingerprint density at radius 2 is 1.90 bits per heavy atom. The number of carbonyl (C=O) groups is 2. The van der Waals surface area contributed by atoms with Crippen molar-refractivity contribution in [3.63, 3.8) is 0 Å². The monoisotopic (exact) mass is 396 g/mol. The highest BCUT2D eigenvalue weighted by Gasteiger charge is 2.17. The smallest absolute Gasteiger partial charge is 0.316 e. The molecular weight excluding hydrogens is 372 g/mol. The molecule has 9 nitrogen and oxygen atoms in total. The second-order valence-corrected chi connectivity index (χ2v) is 7.11. The summed E-state index contributed by atoms with van der Waals surface area (Å²) in [6.45, 7) is 8.17. The summed E-state index contributed by atoms with van der Waals surface area (Å²) in [6.07, 6.45) is 0. The molecule has 29 heavy (non-hydrogen) atoms. The minimum atomic E-state index is -0.594. The number of aromatic nitrogens is 4. The Kier molecular flexibility index (Phi) is 6.06. The molecule has 3 aromatic rings. The van der Waals surface area contributed by atoms with Gasteiger partial charge >= 0.3 is 11.8 Å². The largest absolute Gasteiger partial charge is 0.352 e. The van der Waals surface area contributed by atoms with E-state index in [1.165, 1.54) is 0 Å². The highest BCUT2D eigenvalue weighted by Crippen LogP contribution is 2.17. The van der Waals surface area contributed by atoms with E-state index >= 15 is 0 Å². The van der Waals surface area contributed by atoms with Gasteiger partial charge in [0.2, 0.25) is 11.7 Å². The highest BCUT2D eigenvalue weighted by molar-refractivity contribution is 5.93. The summed E-state index contributed by atoms with van der Waals surface area (Å²) in [5.74, 6) is -0.765. The Morgan fingerprint density at radius 3 is 2.52 bits per heavy atom. The average Bonchev–Trinajstić information content (AvgIpc) is 3.27. The Labute approximate surface area is 168 Å². The maximum absolute atomic E-state index is 12.1. The number of amides is 2. The molecule has 0 aliphatic rings. The molecule has 2 aromatic heterocycles. The number of aryl methyl sites for hydroxylation is 2. The van der Waals surface area contributed by atoms with E-state index in [9.17, 15) is 9.59 Å². The first-order valence-electron chi connectivity index (χ1n) is 9.33. The van der Waals surface area contributed by atoms with E-state index in [1.807, 2.05) is 62.7 Å². The van der Waals surface area contributed by atoms with Gasteiger partial charge in [-0.2, -0.15) is 10.1 Å². The van der Waals surface area contributed by atoms with Gasteiger partial charge in [-0.25, -0.2) is 0 Å². The Hall–Kier alpha value is -3.49. The van der Waals surface area contributed by atoms with Crippen LogP contribution in [0.4, 0.5) is 0 Å². The van der Waals surface area contributed by atoms with E-state index in [2.05, 4.69) is 25.9 Å². The summed E-state index contributed by atoms with van der Waals surface area (Å²) in [4.78, 5) is 27.8. The summed E-state index contributed by atoms with van der Waals surface area (Å²) in [5.41, 5.74) is 3.89. The van der Waals surface area contributed by atoms with Gasteiger partial charge < -0.3 is 15.2 Å². The maximum Gasteiger partial charge on any atom is 0.316 e. The predicted octanol–water partition coefficient (Wildman–Crippen LogP) is 1.85. The Morgan fingerprint density at radius 1 is 1.17 bits per heavy atom. The number of hydrogen-bond acceptors (Lipinski definition) is 6. The van der Waals surface area contributed by atoms with Crippen molar-refractivity contribution in [2.75, 3.05) is 6.54 Å². The van der Waals surface area contributed by atoms with Crippen LogP contribution in [-0.4, -0.2) is 44.3 Å². The van der Waals surface area contributed by atoms with Crippen molar-refractivity contribution in [3.8, 4) is 11.4 Å². The third kappa shape index (κ3) is 5.28. The molecule has 0 saturated heterocycles. The summed E-state index contributed by atoms with van der Waals surface area (Å²) in [5, 5.41) is 13.4. The van der Waals surface area contributed by atoms with Gasteiger partial charge in [-0.15, -0.1) is 0 Å². The SMILES string of the molecule is Cc1cc(C)n(Cc2ccc(-c3noc(C(=O)NCC(=O)NC(C)C)n3)cc2)n1. The molecule has 0 fully saturated rings. The second kappa shape index (κ2) is 8.68. The lowest BCUT2D eigenvalue weighted by molar-refractivity contribution is -0.120. The lowest BCUT2D eigenvalue weighted by Crippen LogP contribution is -2.39. The highest BCUT2D eigenvalue weighted by atomic mass is 16.5. The maximum atomic E-state index is 12.1. The molecule has 0 spiro atoms. The predicted molar refractivity (Wildman–Crippen MR) is 106 cm³/mol. The number of carbonyl (C=O) groups excluding carboxylic acids is 2. The summed E-state index contributed by atoms with van der Waals surface area (Å²) < 4.78 is 6.96. The van der Waals surface area contributed by atoms with Crippen LogP contribution >= 0.6 is 0 Å². The van der Waals surface area contributed by atoms with E-state index in [0.29, 0.717) is 12.4 Å². The van der Waals surface area contributed by atoms with Crippen LogP contribution in [0.5, 0.6) is 0 Å². The van der Waals surface area contributed by atoms with Gasteiger partial charge in [-0.3, -0.25) is 14.3 Å². The van der Waals surface area contributed by atoms with E-state index in [4.69, 9.17) is 4.52 Å². The van der Waals surface area contributed by atoms with Gasteiger partial charge in [0.05, 0.1) is 18.8 Å². The minimum Gasteiger partial charge on any atom is -0.352 e. The van der Waals surface area contributed by atoms with Crippen molar-refractivity contribution < 1.29 is 14.1 Å². The molecule has 0 aliphatic heterocycles. The lowest BCUT2D eigenvalue weighted by atomic mass is 10.1. The molecule has 9 heteroatoms. The summed E-state index contributed by atoms with van der Waals surface area (Å²) >= 11 is 0. The quantitative estimate of drug-likeness (QED) is 0.630. The zero-order valence-corrected chi connectivity index (χ0v) is 16.9. The van der Waals surface area contributed by atoms with Gasteiger partial charge in [0.15, 0.2) is 0 Å². The molecule has 2 heterocycles. The number of nitrogens with one attached hydrogen (secondary N) is 2. The van der Waals surface area contributed by atoms with Crippen LogP contribution in [0.15, 0.2) is 34.9 Å². The number of nitrogens with zero attached hydrogens (tertiary/aromatic N) is 4. The van der Waals surface area contributed by atoms with Gasteiger partial charge in [0, 0.05) is 17.3 Å². The van der Waals surface area contributed by atoms with Crippen molar-refractivity contribution >= 4 is 11.8 Å². The molecule has 0 radical (unpaired) electrons. The summed E-state index contributed by atoms with van der Waals surface area (Å²) in [7, 11) is 0. The third-order valence-corrected chi connectivity index (χ3v) is 4.13. The molecule has 0 atom stereocenters. The standard InChI is InChI=1S/C20H24N6O3/c1-12(2)22-17(27)10-21-19(28)20-23-18(25-29-20)16-7-5-15(6-8-16)11-26-14(4)9-13(3)24-26/h5-9,12H,10-11H2,1-4H3,(H,21,28)(H,22,27). The fourth-order valence-corrected chi connectivity index (χ4v) is 2.81. The van der Waals surface area contributed by atoms with Gasteiger partial charge in [-0.05, 0) is 39.3 Å². The first kappa shape index (κ1) is 20.2. The molecule has 2 amide bonds. The van der Waals surface area contributed by atoms with E-state index in [-0.39, 0.29) is 24.4 Å². The zero-order valence-electron chi connectivity index (χ0n) is 16.9. The zero-order chi connectivity index (χ0) is 21.0. The molecule has 0 aliphatic carbocycles. The van der Waals surface area contributed by atoms with Crippen molar-refractivity contribution in [1.29, 1.82) is 0 Å². The lowest BCUT2D eigenvalue weighted by Gasteiger charge is -2.07. The van der Waals surface area contributed by atoms with Crippen LogP contribution in [0.3, 0.4) is 0 Å². The molecule has 152 valence electrons. The van der Waals surface area contributed by atoms with E-state index < -0.39 is 5.91 Å². The number of rotatable bonds is 7. The normalized spacial score (nSPS) is 10.9. The molecule has 0 bridgehead atoms. The fourth-order valence-electron chi connectivity index (χ4n) is 2.81. The fraction of sp³-hybridized carbons (Fsp3) is 0.350. The van der Waals surface area contributed by atoms with Crippen LogP contribution in [0.25, 0.3) is 11.4 Å². The van der Waals surface area contributed by atoms with E-state index in [0.717, 1.165) is 22.5 Å². The van der Waals surface area contributed by atoms with Crippen LogP contribution in [0, 0.1) is 13.8 Å². The molecule has 0 unspecified atom stereocenters. The molecule has 0 saturated carbocycles. The Bertz CT molecular complexity index is 1000. The van der Waals surface area contributed by atoms with Gasteiger partial charge in [0.1, 0.15) is 0 Å². The van der Waals surface area contributed by atoms with Gasteiger partial charge in [0.25, 0.3) is 0 Å². The first-order chi connectivity index (χ1) is 13.8. The number of benzene rings is 1. The Balaban J connectivity index is 1.61. The van der Waals surface area contributed by atoms with Gasteiger partial charge in [-0.1, -0.05) is 29.4 Å². The van der Waals surface area contributed by atoms with Crippen LogP contribution < -0.4 is 10.6 Å². The second-order valence-electron chi connectivity index (χ2n) is 7.11. The molecule has 2 N–H and O–H groups in total. The average molecular weight is 396 g/mol. The van der Waals surface area contributed by atoms with Crippen LogP contribution in [0.2, 0.25) is 0 Å². The van der Waals surface area contributed by atoms with Crippen molar-refractivity contribution in [3.05, 3.63) is 53.2 Å². The van der Waals surface area contributed by atoms with E-state index in [1.54, 1.807) is 0 Å². The van der Waals surface area contributed by atoms with Crippen LogP contribution in [-0.2, 0) is 11.3 Å². The van der Waals surface area contributed by atoms with Crippen molar-refractivity contribution in [1.82, 2.24) is 30.6 Å². The van der Waals surface area contributed by atoms with Crippen molar-refractivity contribution in [2.45, 2.75) is 40.3 Å². The topological polar surface area (TPSA) is 115 Å². The molecule has 1 aromatic carbocycles. The minimum absolute atomic E-state index is 0.00128. The molecule has 3 rings (SSSR count).